The molecule has 1 saturated carbocycles. The normalized spacial score (nSPS) is 16.3. The van der Waals surface area contributed by atoms with Crippen molar-refractivity contribution in [3.05, 3.63) is 51.8 Å². The van der Waals surface area contributed by atoms with E-state index < -0.39 is 5.92 Å². The first kappa shape index (κ1) is 12.4. The number of nitrogens with two attached hydrogens (primary N) is 1. The number of benzene rings is 1. The van der Waals surface area contributed by atoms with Crippen molar-refractivity contribution in [1.29, 1.82) is 0 Å². The molecule has 1 aromatic carbocycles. The zero-order valence-corrected chi connectivity index (χ0v) is 11.9. The van der Waals surface area contributed by atoms with Crippen molar-refractivity contribution >= 4 is 21.8 Å². The minimum absolute atomic E-state index is 0.379. The largest absolute Gasteiger partial charge is 0.369 e. The van der Waals surface area contributed by atoms with E-state index in [9.17, 15) is 4.79 Å². The van der Waals surface area contributed by atoms with Crippen LogP contribution in [0.25, 0.3) is 0 Å². The molecule has 2 aromatic rings. The second-order valence-electron chi connectivity index (χ2n) is 4.91. The third-order valence-corrected chi connectivity index (χ3v) is 3.95. The molecule has 1 unspecified atom stereocenters. The van der Waals surface area contributed by atoms with Crippen LogP contribution in [0.4, 0.5) is 0 Å². The predicted molar refractivity (Wildman–Crippen MR) is 75.7 cm³/mol. The monoisotopic (exact) mass is 319 g/mol. The second kappa shape index (κ2) is 4.81. The van der Waals surface area contributed by atoms with E-state index in [0.29, 0.717) is 11.6 Å². The number of rotatable bonds is 4. The smallest absolute Gasteiger partial charge is 0.231 e. The van der Waals surface area contributed by atoms with Gasteiger partial charge in [-0.1, -0.05) is 28.1 Å². The first-order chi connectivity index (χ1) is 9.15. The average molecular weight is 320 g/mol. The number of primary amides is 1. The van der Waals surface area contributed by atoms with E-state index in [1.165, 1.54) is 12.8 Å². The predicted octanol–water partition coefficient (Wildman–Crippen LogP) is 2.67. The number of amides is 1. The number of H-pyrrole nitrogens is 1. The highest BCUT2D eigenvalue weighted by Crippen LogP contribution is 2.40. The lowest BCUT2D eigenvalue weighted by Crippen LogP contribution is -2.22. The molecule has 1 aromatic heterocycles. The summed E-state index contributed by atoms with van der Waals surface area (Å²) >= 11 is 3.38. The highest BCUT2D eigenvalue weighted by atomic mass is 79.9. The molecule has 0 bridgehead atoms. The Morgan fingerprint density at radius 1 is 1.37 bits per heavy atom. The molecular weight excluding hydrogens is 306 g/mol. The minimum atomic E-state index is -0.489. The van der Waals surface area contributed by atoms with Gasteiger partial charge >= 0.3 is 0 Å². The van der Waals surface area contributed by atoms with E-state index in [1.807, 2.05) is 30.3 Å². The Kier molecular flexibility index (Phi) is 3.14. The lowest BCUT2D eigenvalue weighted by molar-refractivity contribution is -0.118. The highest BCUT2D eigenvalue weighted by Gasteiger charge is 2.29. The first-order valence-electron chi connectivity index (χ1n) is 6.25. The topological polar surface area (TPSA) is 71.8 Å². The highest BCUT2D eigenvalue weighted by molar-refractivity contribution is 9.10. The fourth-order valence-electron chi connectivity index (χ4n) is 2.24. The van der Waals surface area contributed by atoms with Crippen molar-refractivity contribution in [3.63, 3.8) is 0 Å². The third kappa shape index (κ3) is 2.56. The maximum Gasteiger partial charge on any atom is 0.231 e. The summed E-state index contributed by atoms with van der Waals surface area (Å²) in [4.78, 5) is 11.7. The van der Waals surface area contributed by atoms with Crippen LogP contribution < -0.4 is 5.73 Å². The Morgan fingerprint density at radius 2 is 2.05 bits per heavy atom. The number of aromatic amines is 1. The molecule has 3 N–H and O–H groups in total. The van der Waals surface area contributed by atoms with Gasteiger partial charge in [-0.05, 0) is 36.6 Å². The van der Waals surface area contributed by atoms with Crippen LogP contribution in [-0.2, 0) is 4.79 Å². The van der Waals surface area contributed by atoms with Gasteiger partial charge in [0.25, 0.3) is 0 Å². The summed E-state index contributed by atoms with van der Waals surface area (Å²) in [6, 6.07) is 9.56. The molecule has 0 spiro atoms. The third-order valence-electron chi connectivity index (χ3n) is 3.42. The van der Waals surface area contributed by atoms with E-state index >= 15 is 0 Å². The number of carbonyl (C=O) groups is 1. The Labute approximate surface area is 119 Å². The summed E-state index contributed by atoms with van der Waals surface area (Å²) in [6.07, 6.45) is 2.39. The van der Waals surface area contributed by atoms with Crippen molar-refractivity contribution in [2.24, 2.45) is 5.73 Å². The molecule has 0 radical (unpaired) electrons. The van der Waals surface area contributed by atoms with Gasteiger partial charge in [0.1, 0.15) is 5.92 Å². The van der Waals surface area contributed by atoms with Crippen molar-refractivity contribution in [1.82, 2.24) is 10.2 Å². The number of hydrogen-bond acceptors (Lipinski definition) is 2. The van der Waals surface area contributed by atoms with Crippen molar-refractivity contribution < 1.29 is 4.79 Å². The Hall–Kier alpha value is -1.62. The quantitative estimate of drug-likeness (QED) is 0.909. The van der Waals surface area contributed by atoms with Crippen molar-refractivity contribution in [3.8, 4) is 0 Å². The van der Waals surface area contributed by atoms with Gasteiger partial charge in [-0.15, -0.1) is 0 Å². The van der Waals surface area contributed by atoms with Gasteiger partial charge in [-0.2, -0.15) is 5.10 Å². The number of nitrogens with one attached hydrogen (secondary N) is 1. The summed E-state index contributed by atoms with van der Waals surface area (Å²) in [7, 11) is 0. The molecule has 19 heavy (non-hydrogen) atoms. The SMILES string of the molecule is NC(=O)C(c1ccc(Br)cc1)c1cc(C2CC2)[nH]n1. The van der Waals surface area contributed by atoms with Gasteiger partial charge in [0, 0.05) is 16.1 Å². The zero-order chi connectivity index (χ0) is 13.4. The zero-order valence-electron chi connectivity index (χ0n) is 10.3. The van der Waals surface area contributed by atoms with Gasteiger partial charge in [0.05, 0.1) is 5.69 Å². The summed E-state index contributed by atoms with van der Waals surface area (Å²) in [5.74, 6) is -0.285. The van der Waals surface area contributed by atoms with Gasteiger partial charge in [-0.3, -0.25) is 9.89 Å². The molecule has 0 saturated heterocycles. The van der Waals surface area contributed by atoms with E-state index in [2.05, 4.69) is 26.1 Å². The van der Waals surface area contributed by atoms with Gasteiger partial charge < -0.3 is 5.73 Å². The lowest BCUT2D eigenvalue weighted by atomic mass is 9.95. The van der Waals surface area contributed by atoms with Gasteiger partial charge in [-0.25, -0.2) is 0 Å². The Bertz CT molecular complexity index is 601. The van der Waals surface area contributed by atoms with Gasteiger partial charge in [0.2, 0.25) is 5.91 Å². The summed E-state index contributed by atoms with van der Waals surface area (Å²) < 4.78 is 0.972. The molecule has 4 nitrogen and oxygen atoms in total. The van der Waals surface area contributed by atoms with E-state index in [0.717, 1.165) is 15.7 Å². The number of aromatic nitrogens is 2. The van der Waals surface area contributed by atoms with Crippen LogP contribution in [0.3, 0.4) is 0 Å². The summed E-state index contributed by atoms with van der Waals surface area (Å²) in [6.45, 7) is 0. The molecule has 1 heterocycles. The van der Waals surface area contributed by atoms with Crippen LogP contribution in [0.1, 0.15) is 41.6 Å². The molecule has 98 valence electrons. The average Bonchev–Trinajstić information content (AvgIpc) is 3.12. The lowest BCUT2D eigenvalue weighted by Gasteiger charge is -2.11. The van der Waals surface area contributed by atoms with Crippen LogP contribution in [0.15, 0.2) is 34.8 Å². The standard InChI is InChI=1S/C14H14BrN3O/c15-10-5-3-9(4-6-10)13(14(16)19)12-7-11(17-18-12)8-1-2-8/h3-8,13H,1-2H2,(H2,16,19)(H,17,18). The molecule has 0 aliphatic heterocycles. The number of hydrogen-bond donors (Lipinski definition) is 2. The van der Waals surface area contributed by atoms with Gasteiger partial charge in [0.15, 0.2) is 0 Å². The summed E-state index contributed by atoms with van der Waals surface area (Å²) in [5.41, 5.74) is 8.22. The fourth-order valence-corrected chi connectivity index (χ4v) is 2.50. The van der Waals surface area contributed by atoms with Crippen molar-refractivity contribution in [2.75, 3.05) is 0 Å². The van der Waals surface area contributed by atoms with Crippen LogP contribution in [0.5, 0.6) is 0 Å². The van der Waals surface area contributed by atoms with Crippen LogP contribution in [-0.4, -0.2) is 16.1 Å². The number of carbonyl (C=O) groups excluding carboxylic acids is 1. The maximum absolute atomic E-state index is 11.7. The second-order valence-corrected chi connectivity index (χ2v) is 5.83. The van der Waals surface area contributed by atoms with Crippen molar-refractivity contribution in [2.45, 2.75) is 24.7 Å². The molecule has 3 rings (SSSR count). The van der Waals surface area contributed by atoms with E-state index in [-0.39, 0.29) is 5.91 Å². The van der Waals surface area contributed by atoms with E-state index in [4.69, 9.17) is 5.73 Å². The molecule has 1 aliphatic carbocycles. The first-order valence-corrected chi connectivity index (χ1v) is 7.04. The fraction of sp³-hybridized carbons (Fsp3) is 0.286. The molecule has 1 amide bonds. The number of nitrogens with zero attached hydrogens (tertiary/aromatic N) is 1. The minimum Gasteiger partial charge on any atom is -0.369 e. The molecule has 5 heteroatoms. The maximum atomic E-state index is 11.7. The number of halogens is 1. The van der Waals surface area contributed by atoms with Crippen LogP contribution in [0.2, 0.25) is 0 Å². The summed E-state index contributed by atoms with van der Waals surface area (Å²) in [5, 5.41) is 7.28. The molecule has 1 atom stereocenters. The molecular formula is C14H14BrN3O. The Morgan fingerprint density at radius 3 is 2.63 bits per heavy atom. The molecule has 1 fully saturated rings. The van der Waals surface area contributed by atoms with E-state index in [1.54, 1.807) is 0 Å². The van der Waals surface area contributed by atoms with Crippen LogP contribution >= 0.6 is 15.9 Å². The molecule has 1 aliphatic rings. The Balaban J connectivity index is 1.95. The van der Waals surface area contributed by atoms with Crippen LogP contribution in [0, 0.1) is 0 Å².